The summed E-state index contributed by atoms with van der Waals surface area (Å²) in [5.74, 6) is 0. The molecule has 0 saturated carbocycles. The number of anilines is 1. The highest BCUT2D eigenvalue weighted by Crippen LogP contribution is 2.24. The smallest absolute Gasteiger partial charge is 0.292 e. The molecule has 0 aromatic heterocycles. The Hall–Kier alpha value is -1.62. The molecule has 0 aliphatic rings. The van der Waals surface area contributed by atoms with E-state index in [0.717, 1.165) is 5.56 Å². The van der Waals surface area contributed by atoms with Gasteiger partial charge in [0, 0.05) is 12.6 Å². The molecule has 17 heavy (non-hydrogen) atoms. The third kappa shape index (κ3) is 4.40. The Kier molecular flexibility index (Phi) is 4.90. The highest BCUT2D eigenvalue weighted by atomic mass is 16.6. The highest BCUT2D eigenvalue weighted by molar-refractivity contribution is 5.62. The van der Waals surface area contributed by atoms with Crippen LogP contribution in [0.5, 0.6) is 0 Å². The summed E-state index contributed by atoms with van der Waals surface area (Å²) in [6, 6.07) is 5.13. The number of ether oxygens (including phenoxy) is 1. The number of rotatable bonds is 6. The first-order chi connectivity index (χ1) is 8.00. The van der Waals surface area contributed by atoms with Gasteiger partial charge in [0.2, 0.25) is 0 Å². The maximum Gasteiger partial charge on any atom is 0.292 e. The number of hydrogen-bond acceptors (Lipinski definition) is 4. The van der Waals surface area contributed by atoms with Gasteiger partial charge in [-0.3, -0.25) is 10.1 Å². The zero-order chi connectivity index (χ0) is 12.8. The van der Waals surface area contributed by atoms with Gasteiger partial charge in [0.1, 0.15) is 5.69 Å². The molecule has 0 radical (unpaired) electrons. The van der Waals surface area contributed by atoms with Crippen molar-refractivity contribution >= 4 is 11.4 Å². The van der Waals surface area contributed by atoms with Crippen LogP contribution in [0.3, 0.4) is 0 Å². The molecule has 0 fully saturated rings. The fourth-order valence-corrected chi connectivity index (χ4v) is 1.42. The average Bonchev–Trinajstić information content (AvgIpc) is 2.25. The van der Waals surface area contributed by atoms with Gasteiger partial charge in [0.25, 0.3) is 5.69 Å². The van der Waals surface area contributed by atoms with Crippen molar-refractivity contribution in [3.63, 3.8) is 0 Å². The molecular weight excluding hydrogens is 220 g/mol. The van der Waals surface area contributed by atoms with Crippen molar-refractivity contribution in [2.75, 3.05) is 18.5 Å². The predicted molar refractivity (Wildman–Crippen MR) is 67.4 cm³/mol. The molecule has 1 rings (SSSR count). The average molecular weight is 238 g/mol. The van der Waals surface area contributed by atoms with E-state index in [0.29, 0.717) is 18.8 Å². The minimum Gasteiger partial charge on any atom is -0.377 e. The summed E-state index contributed by atoms with van der Waals surface area (Å²) < 4.78 is 5.36. The molecule has 0 bridgehead atoms. The molecule has 0 atom stereocenters. The van der Waals surface area contributed by atoms with Gasteiger partial charge in [0.15, 0.2) is 0 Å². The third-order valence-corrected chi connectivity index (χ3v) is 2.22. The summed E-state index contributed by atoms with van der Waals surface area (Å²) in [4.78, 5) is 10.5. The minimum absolute atomic E-state index is 0.106. The van der Waals surface area contributed by atoms with Crippen LogP contribution in [0.1, 0.15) is 19.4 Å². The molecule has 5 heteroatoms. The quantitative estimate of drug-likeness (QED) is 0.470. The van der Waals surface area contributed by atoms with Crippen molar-refractivity contribution in [3.05, 3.63) is 33.9 Å². The summed E-state index contributed by atoms with van der Waals surface area (Å²) in [6.45, 7) is 6.83. The molecular formula is C12H18N2O3. The SMILES string of the molecule is Cc1ccc(NCCOC(C)C)c([N+](=O)[O-])c1. The molecule has 1 N–H and O–H groups in total. The van der Waals surface area contributed by atoms with Gasteiger partial charge in [-0.25, -0.2) is 0 Å². The van der Waals surface area contributed by atoms with E-state index in [1.807, 2.05) is 26.8 Å². The second-order valence-electron chi connectivity index (χ2n) is 4.12. The van der Waals surface area contributed by atoms with Gasteiger partial charge in [0.05, 0.1) is 17.6 Å². The minimum atomic E-state index is -0.376. The summed E-state index contributed by atoms with van der Waals surface area (Å²) in [6.07, 6.45) is 0.171. The second kappa shape index (κ2) is 6.20. The van der Waals surface area contributed by atoms with E-state index >= 15 is 0 Å². The normalized spacial score (nSPS) is 10.6. The van der Waals surface area contributed by atoms with Crippen molar-refractivity contribution < 1.29 is 9.66 Å². The van der Waals surface area contributed by atoms with Crippen molar-refractivity contribution in [1.29, 1.82) is 0 Å². The Balaban J connectivity index is 2.61. The van der Waals surface area contributed by atoms with E-state index in [1.165, 1.54) is 0 Å². The Morgan fingerprint density at radius 2 is 2.18 bits per heavy atom. The maximum absolute atomic E-state index is 10.8. The predicted octanol–water partition coefficient (Wildman–Crippen LogP) is 2.74. The summed E-state index contributed by atoms with van der Waals surface area (Å²) in [5, 5.41) is 13.9. The van der Waals surface area contributed by atoms with Crippen LogP contribution in [0.25, 0.3) is 0 Å². The first kappa shape index (κ1) is 13.4. The number of aryl methyl sites for hydroxylation is 1. The zero-order valence-corrected chi connectivity index (χ0v) is 10.4. The topological polar surface area (TPSA) is 64.4 Å². The van der Waals surface area contributed by atoms with Crippen LogP contribution in [0.15, 0.2) is 18.2 Å². The second-order valence-corrected chi connectivity index (χ2v) is 4.12. The van der Waals surface area contributed by atoms with E-state index < -0.39 is 0 Å². The van der Waals surface area contributed by atoms with Crippen molar-refractivity contribution in [3.8, 4) is 0 Å². The Morgan fingerprint density at radius 1 is 1.47 bits per heavy atom. The van der Waals surface area contributed by atoms with E-state index in [1.54, 1.807) is 12.1 Å². The molecule has 94 valence electrons. The number of nitrogens with one attached hydrogen (secondary N) is 1. The van der Waals surface area contributed by atoms with Gasteiger partial charge >= 0.3 is 0 Å². The first-order valence-corrected chi connectivity index (χ1v) is 5.61. The summed E-state index contributed by atoms with van der Waals surface area (Å²) in [5.41, 5.74) is 1.52. The van der Waals surface area contributed by atoms with Crippen LogP contribution in [0, 0.1) is 17.0 Å². The lowest BCUT2D eigenvalue weighted by Crippen LogP contribution is -2.13. The molecule has 0 saturated heterocycles. The van der Waals surface area contributed by atoms with E-state index in [2.05, 4.69) is 5.32 Å². The highest BCUT2D eigenvalue weighted by Gasteiger charge is 2.12. The number of nitrogens with zero attached hydrogens (tertiary/aromatic N) is 1. The van der Waals surface area contributed by atoms with Crippen LogP contribution in [-0.2, 0) is 4.74 Å². The molecule has 0 unspecified atom stereocenters. The van der Waals surface area contributed by atoms with Crippen LogP contribution in [0.2, 0.25) is 0 Å². The standard InChI is InChI=1S/C12H18N2O3/c1-9(2)17-7-6-13-11-5-4-10(3)8-12(11)14(15)16/h4-5,8-9,13H,6-7H2,1-3H3. The lowest BCUT2D eigenvalue weighted by Gasteiger charge is -2.10. The summed E-state index contributed by atoms with van der Waals surface area (Å²) >= 11 is 0. The van der Waals surface area contributed by atoms with Crippen LogP contribution < -0.4 is 5.32 Å². The largest absolute Gasteiger partial charge is 0.377 e. The molecule has 0 spiro atoms. The first-order valence-electron chi connectivity index (χ1n) is 5.61. The maximum atomic E-state index is 10.8. The van der Waals surface area contributed by atoms with Crippen molar-refractivity contribution in [1.82, 2.24) is 0 Å². The molecule has 0 amide bonds. The molecule has 0 aliphatic heterocycles. The lowest BCUT2D eigenvalue weighted by atomic mass is 10.2. The summed E-state index contributed by atoms with van der Waals surface area (Å²) in [7, 11) is 0. The van der Waals surface area contributed by atoms with Gasteiger partial charge in [-0.1, -0.05) is 6.07 Å². The fraction of sp³-hybridized carbons (Fsp3) is 0.500. The third-order valence-electron chi connectivity index (χ3n) is 2.22. The molecule has 1 aromatic carbocycles. The Morgan fingerprint density at radius 3 is 2.76 bits per heavy atom. The van der Waals surface area contributed by atoms with Crippen molar-refractivity contribution in [2.24, 2.45) is 0 Å². The van der Waals surface area contributed by atoms with Gasteiger partial charge in [-0.2, -0.15) is 0 Å². The number of hydrogen-bond donors (Lipinski definition) is 1. The fourth-order valence-electron chi connectivity index (χ4n) is 1.42. The van der Waals surface area contributed by atoms with Crippen LogP contribution in [-0.4, -0.2) is 24.2 Å². The van der Waals surface area contributed by atoms with Gasteiger partial charge in [-0.05, 0) is 32.4 Å². The Labute approximate surface area is 101 Å². The number of nitro benzene ring substituents is 1. The van der Waals surface area contributed by atoms with Gasteiger partial charge < -0.3 is 10.1 Å². The van der Waals surface area contributed by atoms with Gasteiger partial charge in [-0.15, -0.1) is 0 Å². The molecule has 1 aromatic rings. The van der Waals surface area contributed by atoms with Crippen LogP contribution >= 0.6 is 0 Å². The monoisotopic (exact) mass is 238 g/mol. The lowest BCUT2D eigenvalue weighted by molar-refractivity contribution is -0.384. The zero-order valence-electron chi connectivity index (χ0n) is 10.4. The molecule has 0 aliphatic carbocycles. The van der Waals surface area contributed by atoms with E-state index in [9.17, 15) is 10.1 Å². The van der Waals surface area contributed by atoms with Crippen LogP contribution in [0.4, 0.5) is 11.4 Å². The number of benzene rings is 1. The number of nitro groups is 1. The molecule has 5 nitrogen and oxygen atoms in total. The van der Waals surface area contributed by atoms with E-state index in [4.69, 9.17) is 4.74 Å². The Bertz CT molecular complexity index is 391. The van der Waals surface area contributed by atoms with E-state index in [-0.39, 0.29) is 16.7 Å². The van der Waals surface area contributed by atoms with Crippen molar-refractivity contribution in [2.45, 2.75) is 26.9 Å². The molecule has 0 heterocycles.